The summed E-state index contributed by atoms with van der Waals surface area (Å²) in [5, 5.41) is 2.96. The summed E-state index contributed by atoms with van der Waals surface area (Å²) in [5.74, 6) is 0. The van der Waals surface area contributed by atoms with E-state index in [2.05, 4.69) is 5.32 Å². The molecule has 0 spiro atoms. The molecule has 2 heterocycles. The van der Waals surface area contributed by atoms with Gasteiger partial charge in [-0.2, -0.15) is 13.2 Å². The van der Waals surface area contributed by atoms with E-state index in [0.29, 0.717) is 6.54 Å². The highest BCUT2D eigenvalue weighted by Gasteiger charge is 2.33. The van der Waals surface area contributed by atoms with Crippen LogP contribution in [0.3, 0.4) is 0 Å². The molecule has 0 aliphatic carbocycles. The number of rotatable bonds is 5. The lowest BCUT2D eigenvalue weighted by molar-refractivity contribution is -0.144. The van der Waals surface area contributed by atoms with Crippen LogP contribution in [0.4, 0.5) is 13.2 Å². The molecule has 0 amide bonds. The summed E-state index contributed by atoms with van der Waals surface area (Å²) >= 11 is 0. The van der Waals surface area contributed by atoms with Crippen molar-refractivity contribution in [1.82, 2.24) is 9.88 Å². The van der Waals surface area contributed by atoms with Crippen LogP contribution in [0.25, 0.3) is 0 Å². The van der Waals surface area contributed by atoms with Gasteiger partial charge in [0, 0.05) is 31.3 Å². The van der Waals surface area contributed by atoms with Crippen molar-refractivity contribution in [3.63, 3.8) is 0 Å². The Hall–Kier alpha value is -2.02. The summed E-state index contributed by atoms with van der Waals surface area (Å²) in [6.45, 7) is 0.671. The van der Waals surface area contributed by atoms with Gasteiger partial charge in [0.15, 0.2) is 0 Å². The van der Waals surface area contributed by atoms with E-state index in [9.17, 15) is 18.0 Å². The fourth-order valence-corrected chi connectivity index (χ4v) is 1.82. The second-order valence-corrected chi connectivity index (χ2v) is 4.21. The van der Waals surface area contributed by atoms with Crippen LogP contribution in [0, 0.1) is 0 Å². The standard InChI is InChI=1S/C13H13F3N2O2/c14-13(15,16)11-2-1-3-12(19)18(11)6-5-17-8-10-4-7-20-9-10/h1-4,7,9,17H,5-6,8H2. The first kappa shape index (κ1) is 14.4. The summed E-state index contributed by atoms with van der Waals surface area (Å²) in [5.41, 5.74) is -0.707. The van der Waals surface area contributed by atoms with Gasteiger partial charge in [-0.05, 0) is 12.1 Å². The molecule has 7 heteroatoms. The van der Waals surface area contributed by atoms with Gasteiger partial charge in [-0.3, -0.25) is 4.79 Å². The first-order chi connectivity index (χ1) is 9.48. The highest BCUT2D eigenvalue weighted by Crippen LogP contribution is 2.27. The van der Waals surface area contributed by atoms with Gasteiger partial charge in [0.25, 0.3) is 5.56 Å². The van der Waals surface area contributed by atoms with Gasteiger partial charge in [-0.1, -0.05) is 6.07 Å². The van der Waals surface area contributed by atoms with E-state index < -0.39 is 17.4 Å². The molecule has 0 bridgehead atoms. The maximum Gasteiger partial charge on any atom is 0.431 e. The van der Waals surface area contributed by atoms with Crippen LogP contribution >= 0.6 is 0 Å². The van der Waals surface area contributed by atoms with Crippen LogP contribution in [0.1, 0.15) is 11.3 Å². The van der Waals surface area contributed by atoms with Crippen molar-refractivity contribution in [3.8, 4) is 0 Å². The SMILES string of the molecule is O=c1cccc(C(F)(F)F)n1CCNCc1ccoc1. The van der Waals surface area contributed by atoms with E-state index in [1.54, 1.807) is 12.3 Å². The molecule has 0 aromatic carbocycles. The minimum Gasteiger partial charge on any atom is -0.472 e. The van der Waals surface area contributed by atoms with Gasteiger partial charge < -0.3 is 14.3 Å². The smallest absolute Gasteiger partial charge is 0.431 e. The number of aromatic nitrogens is 1. The van der Waals surface area contributed by atoms with Crippen molar-refractivity contribution >= 4 is 0 Å². The molecule has 108 valence electrons. The number of hydrogen-bond acceptors (Lipinski definition) is 3. The van der Waals surface area contributed by atoms with Crippen LogP contribution < -0.4 is 10.9 Å². The molecule has 0 aliphatic rings. The molecule has 0 saturated heterocycles. The minimum atomic E-state index is -4.54. The predicted molar refractivity (Wildman–Crippen MR) is 66.1 cm³/mol. The number of alkyl halides is 3. The highest BCUT2D eigenvalue weighted by atomic mass is 19.4. The van der Waals surface area contributed by atoms with E-state index in [1.807, 2.05) is 0 Å². The van der Waals surface area contributed by atoms with Gasteiger partial charge in [0.1, 0.15) is 5.69 Å². The Balaban J connectivity index is 2.00. The van der Waals surface area contributed by atoms with Crippen LogP contribution in [0.5, 0.6) is 0 Å². The number of halogens is 3. The lowest BCUT2D eigenvalue weighted by Crippen LogP contribution is -2.31. The monoisotopic (exact) mass is 286 g/mol. The molecule has 1 N–H and O–H groups in total. The average Bonchev–Trinajstić information content (AvgIpc) is 2.88. The van der Waals surface area contributed by atoms with Crippen molar-refractivity contribution in [2.45, 2.75) is 19.3 Å². The van der Waals surface area contributed by atoms with Crippen molar-refractivity contribution < 1.29 is 17.6 Å². The zero-order chi connectivity index (χ0) is 14.6. The highest BCUT2D eigenvalue weighted by molar-refractivity contribution is 5.10. The third-order valence-electron chi connectivity index (χ3n) is 2.76. The maximum atomic E-state index is 12.8. The molecule has 20 heavy (non-hydrogen) atoms. The Kier molecular flexibility index (Phi) is 4.29. The zero-order valence-electron chi connectivity index (χ0n) is 10.5. The van der Waals surface area contributed by atoms with Crippen LogP contribution in [0.2, 0.25) is 0 Å². The Morgan fingerprint density at radius 1 is 1.25 bits per heavy atom. The van der Waals surface area contributed by atoms with E-state index in [-0.39, 0.29) is 13.1 Å². The average molecular weight is 286 g/mol. The van der Waals surface area contributed by atoms with E-state index >= 15 is 0 Å². The van der Waals surface area contributed by atoms with Crippen LogP contribution in [-0.2, 0) is 19.3 Å². The summed E-state index contributed by atoms with van der Waals surface area (Å²) in [6, 6.07) is 4.88. The molecule has 4 nitrogen and oxygen atoms in total. The van der Waals surface area contributed by atoms with Gasteiger partial charge in [0.2, 0.25) is 0 Å². The normalized spacial score (nSPS) is 11.8. The quantitative estimate of drug-likeness (QED) is 0.858. The van der Waals surface area contributed by atoms with Gasteiger partial charge in [0.05, 0.1) is 12.5 Å². The molecule has 2 aromatic rings. The maximum absolute atomic E-state index is 12.8. The van der Waals surface area contributed by atoms with Crippen molar-refractivity contribution in [2.24, 2.45) is 0 Å². The molecule has 0 unspecified atom stereocenters. The number of furan rings is 1. The zero-order valence-corrected chi connectivity index (χ0v) is 10.5. The Morgan fingerprint density at radius 2 is 2.05 bits per heavy atom. The Morgan fingerprint density at radius 3 is 2.70 bits per heavy atom. The fraction of sp³-hybridized carbons (Fsp3) is 0.308. The third kappa shape index (κ3) is 3.51. The van der Waals surface area contributed by atoms with Gasteiger partial charge in [-0.15, -0.1) is 0 Å². The van der Waals surface area contributed by atoms with Crippen molar-refractivity contribution in [1.29, 1.82) is 0 Å². The van der Waals surface area contributed by atoms with E-state index in [4.69, 9.17) is 4.42 Å². The second-order valence-electron chi connectivity index (χ2n) is 4.21. The van der Waals surface area contributed by atoms with Crippen molar-refractivity contribution in [3.05, 3.63) is 58.4 Å². The minimum absolute atomic E-state index is 0.0492. The Bertz CT molecular complexity index is 603. The van der Waals surface area contributed by atoms with Gasteiger partial charge in [-0.25, -0.2) is 0 Å². The molecule has 0 aliphatic heterocycles. The van der Waals surface area contributed by atoms with Gasteiger partial charge >= 0.3 is 6.18 Å². The Labute approximate surface area is 112 Å². The predicted octanol–water partition coefficient (Wildman–Crippen LogP) is 2.25. The number of hydrogen-bond donors (Lipinski definition) is 1. The number of pyridine rings is 1. The van der Waals surface area contributed by atoms with Crippen LogP contribution in [-0.4, -0.2) is 11.1 Å². The summed E-state index contributed by atoms with van der Waals surface area (Å²) in [4.78, 5) is 11.5. The van der Waals surface area contributed by atoms with E-state index in [1.165, 1.54) is 6.26 Å². The summed E-state index contributed by atoms with van der Waals surface area (Å²) < 4.78 is 43.9. The lowest BCUT2D eigenvalue weighted by Gasteiger charge is -2.15. The first-order valence-corrected chi connectivity index (χ1v) is 5.97. The molecule has 2 rings (SSSR count). The molecular weight excluding hydrogens is 273 g/mol. The summed E-state index contributed by atoms with van der Waals surface area (Å²) in [7, 11) is 0. The van der Waals surface area contributed by atoms with E-state index in [0.717, 1.165) is 28.3 Å². The van der Waals surface area contributed by atoms with Crippen molar-refractivity contribution in [2.75, 3.05) is 6.54 Å². The lowest BCUT2D eigenvalue weighted by atomic mass is 10.3. The molecular formula is C13H13F3N2O2. The molecule has 2 aromatic heterocycles. The third-order valence-corrected chi connectivity index (χ3v) is 2.76. The molecule has 0 fully saturated rings. The first-order valence-electron chi connectivity index (χ1n) is 5.97. The number of nitrogens with one attached hydrogen (secondary N) is 1. The molecule has 0 saturated carbocycles. The second kappa shape index (κ2) is 5.96. The fourth-order valence-electron chi connectivity index (χ4n) is 1.82. The summed E-state index contributed by atoms with van der Waals surface area (Å²) in [6.07, 6.45) is -1.48. The topological polar surface area (TPSA) is 47.2 Å². The molecule has 0 atom stereocenters. The molecule has 0 radical (unpaired) electrons. The number of nitrogens with zero attached hydrogens (tertiary/aromatic N) is 1. The largest absolute Gasteiger partial charge is 0.472 e. The van der Waals surface area contributed by atoms with Crippen LogP contribution in [0.15, 0.2) is 46.0 Å².